The highest BCUT2D eigenvalue weighted by Gasteiger charge is 2.12. The summed E-state index contributed by atoms with van der Waals surface area (Å²) in [6.07, 6.45) is 5.47. The Morgan fingerprint density at radius 3 is 2.70 bits per heavy atom. The first-order chi connectivity index (χ1) is 11.0. The van der Waals surface area contributed by atoms with E-state index in [-0.39, 0.29) is 5.91 Å². The number of nitrogens with one attached hydrogen (secondary N) is 2. The van der Waals surface area contributed by atoms with Gasteiger partial charge in [-0.05, 0) is 43.5 Å². The van der Waals surface area contributed by atoms with Crippen LogP contribution in [-0.2, 0) is 0 Å². The van der Waals surface area contributed by atoms with Crippen molar-refractivity contribution < 1.29 is 4.79 Å². The van der Waals surface area contributed by atoms with Crippen LogP contribution in [0.4, 0.5) is 11.4 Å². The summed E-state index contributed by atoms with van der Waals surface area (Å²) in [6.45, 7) is 6.90. The van der Waals surface area contributed by atoms with E-state index in [9.17, 15) is 4.79 Å². The van der Waals surface area contributed by atoms with Gasteiger partial charge < -0.3 is 10.6 Å². The number of carbonyl (C=O) groups excluding carboxylic acids is 1. The zero-order chi connectivity index (χ0) is 16.8. The van der Waals surface area contributed by atoms with Crippen molar-refractivity contribution in [2.45, 2.75) is 33.6 Å². The van der Waals surface area contributed by atoms with Crippen LogP contribution in [-0.4, -0.2) is 17.4 Å². The van der Waals surface area contributed by atoms with Crippen LogP contribution in [0.3, 0.4) is 0 Å². The number of anilines is 2. The number of rotatable bonds is 6. The number of aromatic nitrogens is 1. The third kappa shape index (κ3) is 4.70. The van der Waals surface area contributed by atoms with Crippen LogP contribution in [0.25, 0.3) is 0 Å². The molecule has 0 bridgehead atoms. The fraction of sp³-hybridized carbons (Fsp3) is 0.333. The second-order valence-electron chi connectivity index (χ2n) is 5.64. The molecule has 1 aromatic carbocycles. The highest BCUT2D eigenvalue weighted by molar-refractivity contribution is 6.34. The van der Waals surface area contributed by atoms with Crippen LogP contribution >= 0.6 is 11.6 Å². The summed E-state index contributed by atoms with van der Waals surface area (Å²) in [5.74, 6) is -0.217. The van der Waals surface area contributed by atoms with Gasteiger partial charge in [-0.2, -0.15) is 0 Å². The number of hydrogen-bond acceptors (Lipinski definition) is 3. The average molecular weight is 332 g/mol. The maximum Gasteiger partial charge on any atom is 0.257 e. The van der Waals surface area contributed by atoms with Gasteiger partial charge in [-0.3, -0.25) is 9.78 Å². The average Bonchev–Trinajstić information content (AvgIpc) is 2.51. The van der Waals surface area contributed by atoms with Crippen LogP contribution < -0.4 is 10.6 Å². The molecular formula is C18H22ClN3O. The van der Waals surface area contributed by atoms with Crippen molar-refractivity contribution in [2.24, 2.45) is 0 Å². The minimum atomic E-state index is -0.217. The van der Waals surface area contributed by atoms with Crippen molar-refractivity contribution in [3.05, 3.63) is 52.3 Å². The van der Waals surface area contributed by atoms with Gasteiger partial charge in [0.2, 0.25) is 0 Å². The van der Waals surface area contributed by atoms with Gasteiger partial charge in [0.15, 0.2) is 0 Å². The lowest BCUT2D eigenvalue weighted by molar-refractivity contribution is 0.102. The van der Waals surface area contributed by atoms with Crippen molar-refractivity contribution >= 4 is 28.9 Å². The van der Waals surface area contributed by atoms with Crippen LogP contribution in [0.15, 0.2) is 30.6 Å². The highest BCUT2D eigenvalue weighted by atomic mass is 35.5. The number of aryl methyl sites for hydroxylation is 2. The minimum Gasteiger partial charge on any atom is -0.384 e. The number of hydrogen-bond donors (Lipinski definition) is 2. The van der Waals surface area contributed by atoms with E-state index in [0.29, 0.717) is 16.3 Å². The van der Waals surface area contributed by atoms with Gasteiger partial charge in [0.1, 0.15) is 0 Å². The lowest BCUT2D eigenvalue weighted by Crippen LogP contribution is -2.14. The maximum atomic E-state index is 12.4. The van der Waals surface area contributed by atoms with E-state index in [1.807, 2.05) is 26.0 Å². The second-order valence-corrected chi connectivity index (χ2v) is 6.04. The first-order valence-electron chi connectivity index (χ1n) is 7.78. The van der Waals surface area contributed by atoms with E-state index in [1.54, 1.807) is 18.5 Å². The van der Waals surface area contributed by atoms with Crippen molar-refractivity contribution in [3.8, 4) is 0 Å². The van der Waals surface area contributed by atoms with Crippen LogP contribution in [0, 0.1) is 13.8 Å². The molecule has 0 saturated heterocycles. The van der Waals surface area contributed by atoms with Gasteiger partial charge in [-0.1, -0.05) is 31.0 Å². The lowest BCUT2D eigenvalue weighted by Gasteiger charge is -2.12. The summed E-state index contributed by atoms with van der Waals surface area (Å²) in [5.41, 5.74) is 4.00. The predicted octanol–water partition coefficient (Wildman–Crippen LogP) is 4.82. The van der Waals surface area contributed by atoms with E-state index < -0.39 is 0 Å². The van der Waals surface area contributed by atoms with E-state index in [0.717, 1.165) is 36.2 Å². The van der Waals surface area contributed by atoms with Gasteiger partial charge in [0.25, 0.3) is 5.91 Å². The first kappa shape index (κ1) is 17.3. The van der Waals surface area contributed by atoms with Crippen molar-refractivity contribution in [1.82, 2.24) is 4.98 Å². The number of pyridine rings is 1. The molecule has 0 radical (unpaired) electrons. The zero-order valence-corrected chi connectivity index (χ0v) is 14.5. The Balaban J connectivity index is 2.13. The second kappa shape index (κ2) is 7.97. The molecule has 0 fully saturated rings. The van der Waals surface area contributed by atoms with Gasteiger partial charge in [0.05, 0.1) is 22.0 Å². The zero-order valence-electron chi connectivity index (χ0n) is 13.7. The molecule has 1 amide bonds. The first-order valence-corrected chi connectivity index (χ1v) is 8.16. The van der Waals surface area contributed by atoms with Crippen LogP contribution in [0.5, 0.6) is 0 Å². The van der Waals surface area contributed by atoms with E-state index >= 15 is 0 Å². The number of benzene rings is 1. The standard InChI is InChI=1S/C18H22ClN3O/c1-4-5-6-21-15-9-14(10-20-11-15)18(23)22-17-13(3)7-12(2)8-16(17)19/h7-11,21H,4-6H2,1-3H3,(H,22,23). The Bertz CT molecular complexity index is 677. The summed E-state index contributed by atoms with van der Waals surface area (Å²) < 4.78 is 0. The molecule has 1 aromatic heterocycles. The van der Waals surface area contributed by atoms with Crippen molar-refractivity contribution in [1.29, 1.82) is 0 Å². The summed E-state index contributed by atoms with van der Waals surface area (Å²) in [4.78, 5) is 16.6. The lowest BCUT2D eigenvalue weighted by atomic mass is 10.1. The molecule has 0 unspecified atom stereocenters. The fourth-order valence-electron chi connectivity index (χ4n) is 2.33. The van der Waals surface area contributed by atoms with Crippen LogP contribution in [0.2, 0.25) is 5.02 Å². The molecule has 122 valence electrons. The number of nitrogens with zero attached hydrogens (tertiary/aromatic N) is 1. The molecule has 0 spiro atoms. The number of unbranched alkanes of at least 4 members (excludes halogenated alkanes) is 1. The summed E-state index contributed by atoms with van der Waals surface area (Å²) in [7, 11) is 0. The molecule has 0 atom stereocenters. The fourth-order valence-corrected chi connectivity index (χ4v) is 2.70. The predicted molar refractivity (Wildman–Crippen MR) is 96.5 cm³/mol. The van der Waals surface area contributed by atoms with Gasteiger partial charge >= 0.3 is 0 Å². The highest BCUT2D eigenvalue weighted by Crippen LogP contribution is 2.27. The van der Waals surface area contributed by atoms with Gasteiger partial charge in [-0.25, -0.2) is 0 Å². The van der Waals surface area contributed by atoms with Crippen molar-refractivity contribution in [2.75, 3.05) is 17.2 Å². The molecule has 0 aliphatic heterocycles. The normalized spacial score (nSPS) is 10.4. The SMILES string of the molecule is CCCCNc1cncc(C(=O)Nc2c(C)cc(C)cc2Cl)c1. The summed E-state index contributed by atoms with van der Waals surface area (Å²) in [6, 6.07) is 5.63. The number of amides is 1. The Labute approximate surface area is 142 Å². The molecule has 2 aromatic rings. The molecule has 0 aliphatic rings. The molecule has 0 aliphatic carbocycles. The van der Waals surface area contributed by atoms with Crippen LogP contribution in [0.1, 0.15) is 41.3 Å². The molecule has 4 nitrogen and oxygen atoms in total. The number of halogens is 1. The Hall–Kier alpha value is -2.07. The smallest absolute Gasteiger partial charge is 0.257 e. The summed E-state index contributed by atoms with van der Waals surface area (Å²) in [5, 5.41) is 6.69. The quantitative estimate of drug-likeness (QED) is 0.746. The van der Waals surface area contributed by atoms with Crippen molar-refractivity contribution in [3.63, 3.8) is 0 Å². The van der Waals surface area contributed by atoms with E-state index in [2.05, 4.69) is 22.5 Å². The van der Waals surface area contributed by atoms with E-state index in [4.69, 9.17) is 11.6 Å². The molecule has 1 heterocycles. The largest absolute Gasteiger partial charge is 0.384 e. The third-order valence-corrected chi connectivity index (χ3v) is 3.83. The molecular weight excluding hydrogens is 310 g/mol. The monoisotopic (exact) mass is 331 g/mol. The minimum absolute atomic E-state index is 0.217. The molecule has 2 N–H and O–H groups in total. The topological polar surface area (TPSA) is 54.0 Å². The Morgan fingerprint density at radius 2 is 2.00 bits per heavy atom. The summed E-state index contributed by atoms with van der Waals surface area (Å²) >= 11 is 6.24. The molecule has 5 heteroatoms. The molecule has 2 rings (SSSR count). The Morgan fingerprint density at radius 1 is 1.22 bits per heavy atom. The van der Waals surface area contributed by atoms with Gasteiger partial charge in [-0.15, -0.1) is 0 Å². The third-order valence-electron chi connectivity index (χ3n) is 3.53. The van der Waals surface area contributed by atoms with E-state index in [1.165, 1.54) is 0 Å². The Kier molecular flexibility index (Phi) is 5.99. The molecule has 23 heavy (non-hydrogen) atoms. The number of carbonyl (C=O) groups is 1. The maximum absolute atomic E-state index is 12.4. The van der Waals surface area contributed by atoms with Gasteiger partial charge in [0, 0.05) is 18.9 Å². The molecule has 0 saturated carbocycles.